The topological polar surface area (TPSA) is 35.6 Å². The molecule has 1 amide bonds. The molecule has 2 saturated heterocycles. The second-order valence-electron chi connectivity index (χ2n) is 3.82. The van der Waals surface area contributed by atoms with Gasteiger partial charge in [0.1, 0.15) is 0 Å². The average Bonchev–Trinajstić information content (AvgIpc) is 2.67. The molecule has 0 radical (unpaired) electrons. The van der Waals surface area contributed by atoms with Gasteiger partial charge < -0.3 is 10.2 Å². The van der Waals surface area contributed by atoms with Crippen LogP contribution < -0.4 is 5.32 Å². The molecule has 0 aromatic rings. The van der Waals surface area contributed by atoms with Gasteiger partial charge in [-0.1, -0.05) is 0 Å². The fourth-order valence-corrected chi connectivity index (χ4v) is 3.12. The summed E-state index contributed by atoms with van der Waals surface area (Å²) in [4.78, 5) is 15.1. The summed E-state index contributed by atoms with van der Waals surface area (Å²) in [6.07, 6.45) is 0.993. The van der Waals surface area contributed by atoms with Gasteiger partial charge in [-0.3, -0.25) is 9.69 Å². The molecule has 14 heavy (non-hydrogen) atoms. The number of piperazine rings is 1. The van der Waals surface area contributed by atoms with E-state index in [1.165, 1.54) is 0 Å². The summed E-state index contributed by atoms with van der Waals surface area (Å²) in [5.41, 5.74) is 0. The normalized spacial score (nSPS) is 29.4. The quantitative estimate of drug-likeness (QED) is 0.639. The molecule has 80 valence electrons. The van der Waals surface area contributed by atoms with Gasteiger partial charge in [0.25, 0.3) is 0 Å². The SMILES string of the molecule is O=CN1CSCC1CN1CCNCC1. The molecule has 2 aliphatic heterocycles. The standard InChI is InChI=1S/C9H17N3OS/c13-7-12-8-14-6-9(12)5-11-3-1-10-2-4-11/h7,9-10H,1-6,8H2. The summed E-state index contributed by atoms with van der Waals surface area (Å²) in [7, 11) is 0. The van der Waals surface area contributed by atoms with Gasteiger partial charge in [-0.05, 0) is 0 Å². The molecule has 2 rings (SSSR count). The molecule has 2 aliphatic rings. The van der Waals surface area contributed by atoms with Gasteiger partial charge >= 0.3 is 0 Å². The lowest BCUT2D eigenvalue weighted by atomic mass is 10.2. The molecule has 1 N–H and O–H groups in total. The summed E-state index contributed by atoms with van der Waals surface area (Å²) >= 11 is 1.86. The molecule has 4 nitrogen and oxygen atoms in total. The Balaban J connectivity index is 1.80. The molecule has 5 heteroatoms. The van der Waals surface area contributed by atoms with E-state index in [1.807, 2.05) is 16.7 Å². The maximum atomic E-state index is 10.7. The smallest absolute Gasteiger partial charge is 0.210 e. The summed E-state index contributed by atoms with van der Waals surface area (Å²) in [5.74, 6) is 1.98. The predicted octanol–water partition coefficient (Wildman–Crippen LogP) is -0.577. The number of amides is 1. The minimum Gasteiger partial charge on any atom is -0.331 e. The number of hydrogen-bond donors (Lipinski definition) is 1. The van der Waals surface area contributed by atoms with Crippen LogP contribution in [-0.4, -0.2) is 66.6 Å². The third-order valence-corrected chi connectivity index (χ3v) is 3.93. The number of carbonyl (C=O) groups is 1. The zero-order valence-electron chi connectivity index (χ0n) is 8.32. The molecule has 2 heterocycles. The van der Waals surface area contributed by atoms with Crippen molar-refractivity contribution in [3.8, 4) is 0 Å². The van der Waals surface area contributed by atoms with Crippen molar-refractivity contribution in [2.24, 2.45) is 0 Å². The van der Waals surface area contributed by atoms with Crippen LogP contribution in [0.4, 0.5) is 0 Å². The summed E-state index contributed by atoms with van der Waals surface area (Å²) in [5, 5.41) is 3.33. The van der Waals surface area contributed by atoms with E-state index in [2.05, 4.69) is 10.2 Å². The second-order valence-corrected chi connectivity index (χ2v) is 4.82. The predicted molar refractivity (Wildman–Crippen MR) is 58.3 cm³/mol. The Bertz CT molecular complexity index is 196. The highest BCUT2D eigenvalue weighted by molar-refractivity contribution is 7.99. The average molecular weight is 215 g/mol. The van der Waals surface area contributed by atoms with Crippen LogP contribution in [0.2, 0.25) is 0 Å². The highest BCUT2D eigenvalue weighted by atomic mass is 32.2. The van der Waals surface area contributed by atoms with Crippen molar-refractivity contribution < 1.29 is 4.79 Å². The van der Waals surface area contributed by atoms with Crippen LogP contribution >= 0.6 is 11.8 Å². The zero-order chi connectivity index (χ0) is 9.80. The van der Waals surface area contributed by atoms with E-state index < -0.39 is 0 Å². The van der Waals surface area contributed by atoms with Crippen molar-refractivity contribution in [3.63, 3.8) is 0 Å². The van der Waals surface area contributed by atoms with E-state index in [0.29, 0.717) is 6.04 Å². The van der Waals surface area contributed by atoms with Gasteiger partial charge in [0.05, 0.1) is 11.9 Å². The van der Waals surface area contributed by atoms with E-state index in [0.717, 1.165) is 50.8 Å². The number of carbonyl (C=O) groups excluding carboxylic acids is 1. The van der Waals surface area contributed by atoms with E-state index in [-0.39, 0.29) is 0 Å². The molecule has 0 aliphatic carbocycles. The molecule has 0 spiro atoms. The molecule has 0 aromatic heterocycles. The number of nitrogens with zero attached hydrogens (tertiary/aromatic N) is 2. The maximum Gasteiger partial charge on any atom is 0.210 e. The third kappa shape index (κ3) is 2.40. The lowest BCUT2D eigenvalue weighted by Gasteiger charge is -2.31. The second kappa shape index (κ2) is 5.00. The van der Waals surface area contributed by atoms with E-state index in [1.54, 1.807) is 0 Å². The Labute approximate surface area is 89.0 Å². The van der Waals surface area contributed by atoms with Crippen LogP contribution in [0.5, 0.6) is 0 Å². The summed E-state index contributed by atoms with van der Waals surface area (Å²) in [6.45, 7) is 5.46. The zero-order valence-corrected chi connectivity index (χ0v) is 9.13. The van der Waals surface area contributed by atoms with Crippen LogP contribution in [0.1, 0.15) is 0 Å². The van der Waals surface area contributed by atoms with Crippen LogP contribution in [0, 0.1) is 0 Å². The highest BCUT2D eigenvalue weighted by Crippen LogP contribution is 2.19. The van der Waals surface area contributed by atoms with E-state index >= 15 is 0 Å². The van der Waals surface area contributed by atoms with Crippen LogP contribution in [0.15, 0.2) is 0 Å². The van der Waals surface area contributed by atoms with E-state index in [4.69, 9.17) is 0 Å². The molecular formula is C9H17N3OS. The summed E-state index contributed by atoms with van der Waals surface area (Å²) in [6, 6.07) is 0.440. The lowest BCUT2D eigenvalue weighted by Crippen LogP contribution is -2.49. The van der Waals surface area contributed by atoms with Crippen molar-refractivity contribution in [2.45, 2.75) is 6.04 Å². The van der Waals surface area contributed by atoms with Crippen LogP contribution in [0.3, 0.4) is 0 Å². The van der Waals surface area contributed by atoms with E-state index in [9.17, 15) is 4.79 Å². The van der Waals surface area contributed by atoms with Gasteiger partial charge in [-0.25, -0.2) is 0 Å². The van der Waals surface area contributed by atoms with Crippen molar-refractivity contribution in [3.05, 3.63) is 0 Å². The van der Waals surface area contributed by atoms with Gasteiger partial charge in [-0.2, -0.15) is 0 Å². The lowest BCUT2D eigenvalue weighted by molar-refractivity contribution is -0.118. The van der Waals surface area contributed by atoms with Gasteiger partial charge in [0.2, 0.25) is 6.41 Å². The Morgan fingerprint density at radius 3 is 2.93 bits per heavy atom. The third-order valence-electron chi connectivity index (χ3n) is 2.83. The van der Waals surface area contributed by atoms with Gasteiger partial charge in [-0.15, -0.1) is 11.8 Å². The first-order valence-corrected chi connectivity index (χ1v) is 6.27. The Hall–Kier alpha value is -0.260. The van der Waals surface area contributed by atoms with Crippen LogP contribution in [0.25, 0.3) is 0 Å². The monoisotopic (exact) mass is 215 g/mol. The molecule has 1 atom stereocenters. The Morgan fingerprint density at radius 1 is 1.43 bits per heavy atom. The van der Waals surface area contributed by atoms with Gasteiger partial charge in [0, 0.05) is 38.5 Å². The molecule has 0 bridgehead atoms. The van der Waals surface area contributed by atoms with Crippen molar-refractivity contribution in [2.75, 3.05) is 44.4 Å². The number of thioether (sulfide) groups is 1. The Morgan fingerprint density at radius 2 is 2.21 bits per heavy atom. The van der Waals surface area contributed by atoms with Crippen LogP contribution in [-0.2, 0) is 4.79 Å². The minimum absolute atomic E-state index is 0.440. The first kappa shape index (κ1) is 10.3. The maximum absolute atomic E-state index is 10.7. The fraction of sp³-hybridized carbons (Fsp3) is 0.889. The number of rotatable bonds is 3. The van der Waals surface area contributed by atoms with Crippen molar-refractivity contribution >= 4 is 18.2 Å². The number of hydrogen-bond acceptors (Lipinski definition) is 4. The minimum atomic E-state index is 0.440. The molecule has 1 unspecified atom stereocenters. The van der Waals surface area contributed by atoms with Gasteiger partial charge in [0.15, 0.2) is 0 Å². The molecule has 2 fully saturated rings. The first-order valence-electron chi connectivity index (χ1n) is 5.12. The number of nitrogens with one attached hydrogen (secondary N) is 1. The summed E-state index contributed by atoms with van der Waals surface area (Å²) < 4.78 is 0. The Kier molecular flexibility index (Phi) is 3.67. The molecule has 0 saturated carbocycles. The van der Waals surface area contributed by atoms with Crippen molar-refractivity contribution in [1.29, 1.82) is 0 Å². The molecule has 0 aromatic carbocycles. The van der Waals surface area contributed by atoms with Crippen molar-refractivity contribution in [1.82, 2.24) is 15.1 Å². The molecular weight excluding hydrogens is 198 g/mol. The highest BCUT2D eigenvalue weighted by Gasteiger charge is 2.25. The fourth-order valence-electron chi connectivity index (χ4n) is 1.96. The first-order chi connectivity index (χ1) is 6.90. The largest absolute Gasteiger partial charge is 0.331 e.